The third-order valence-electron chi connectivity index (χ3n) is 2.56. The molecule has 0 aromatic carbocycles. The standard InChI is InChI=1S/C9H12N4O3/c1-16-9(15)12-4-7(5-12)13-3-6(2-11-13)8(10)14/h2-3,7H,4-5H2,1H3,(H2,10,14). The van der Waals surface area contributed by atoms with Crippen molar-refractivity contribution in [1.29, 1.82) is 0 Å². The molecule has 0 atom stereocenters. The Hall–Kier alpha value is -2.05. The summed E-state index contributed by atoms with van der Waals surface area (Å²) in [6.07, 6.45) is 2.66. The number of hydrogen-bond acceptors (Lipinski definition) is 4. The Bertz CT molecular complexity index is 422. The van der Waals surface area contributed by atoms with Crippen LogP contribution in [0.15, 0.2) is 12.4 Å². The van der Waals surface area contributed by atoms with Crippen molar-refractivity contribution < 1.29 is 14.3 Å². The van der Waals surface area contributed by atoms with Gasteiger partial charge < -0.3 is 15.4 Å². The Labute approximate surface area is 91.8 Å². The number of amides is 2. The molecule has 1 aromatic heterocycles. The Kier molecular flexibility index (Phi) is 2.51. The third-order valence-corrected chi connectivity index (χ3v) is 2.56. The smallest absolute Gasteiger partial charge is 0.409 e. The van der Waals surface area contributed by atoms with Crippen LogP contribution >= 0.6 is 0 Å². The van der Waals surface area contributed by atoms with Crippen LogP contribution in [0, 0.1) is 0 Å². The fourth-order valence-electron chi connectivity index (χ4n) is 1.57. The highest BCUT2D eigenvalue weighted by atomic mass is 16.5. The molecule has 0 saturated carbocycles. The van der Waals surface area contributed by atoms with Gasteiger partial charge in [0.25, 0.3) is 5.91 Å². The van der Waals surface area contributed by atoms with Gasteiger partial charge in [-0.3, -0.25) is 9.48 Å². The van der Waals surface area contributed by atoms with Gasteiger partial charge in [-0.2, -0.15) is 5.10 Å². The number of likely N-dealkylation sites (tertiary alicyclic amines) is 1. The van der Waals surface area contributed by atoms with Gasteiger partial charge in [0.15, 0.2) is 0 Å². The van der Waals surface area contributed by atoms with Gasteiger partial charge in [0.1, 0.15) is 0 Å². The van der Waals surface area contributed by atoms with Crippen molar-refractivity contribution in [3.63, 3.8) is 0 Å². The van der Waals surface area contributed by atoms with E-state index in [1.165, 1.54) is 13.3 Å². The molecule has 0 unspecified atom stereocenters. The van der Waals surface area contributed by atoms with Crippen LogP contribution in [0.1, 0.15) is 16.4 Å². The number of rotatable bonds is 2. The van der Waals surface area contributed by atoms with Crippen LogP contribution in [0.3, 0.4) is 0 Å². The highest BCUT2D eigenvalue weighted by molar-refractivity contribution is 5.92. The lowest BCUT2D eigenvalue weighted by atomic mass is 10.1. The summed E-state index contributed by atoms with van der Waals surface area (Å²) in [6.45, 7) is 1.07. The van der Waals surface area contributed by atoms with Crippen LogP contribution in [0.2, 0.25) is 0 Å². The molecule has 16 heavy (non-hydrogen) atoms. The van der Waals surface area contributed by atoms with Gasteiger partial charge in [0.2, 0.25) is 0 Å². The number of primary amides is 1. The first-order valence-corrected chi connectivity index (χ1v) is 4.78. The van der Waals surface area contributed by atoms with Gasteiger partial charge in [-0.25, -0.2) is 4.79 Å². The van der Waals surface area contributed by atoms with E-state index in [9.17, 15) is 9.59 Å². The first kappa shape index (κ1) is 10.5. The SMILES string of the molecule is COC(=O)N1CC(n2cc(C(N)=O)cn2)C1. The quantitative estimate of drug-likeness (QED) is 0.740. The van der Waals surface area contributed by atoms with Crippen molar-refractivity contribution in [3.05, 3.63) is 18.0 Å². The van der Waals surface area contributed by atoms with E-state index in [1.807, 2.05) is 0 Å². The number of carbonyl (C=O) groups excluding carboxylic acids is 2. The molecule has 2 N–H and O–H groups in total. The molecule has 7 nitrogen and oxygen atoms in total. The van der Waals surface area contributed by atoms with Gasteiger partial charge in [0.05, 0.1) is 24.9 Å². The van der Waals surface area contributed by atoms with E-state index in [1.54, 1.807) is 15.8 Å². The maximum Gasteiger partial charge on any atom is 0.409 e. The highest BCUT2D eigenvalue weighted by Gasteiger charge is 2.33. The van der Waals surface area contributed by atoms with E-state index < -0.39 is 5.91 Å². The molecule has 1 aromatic rings. The second-order valence-electron chi connectivity index (χ2n) is 3.60. The zero-order chi connectivity index (χ0) is 11.7. The Morgan fingerprint density at radius 1 is 1.56 bits per heavy atom. The molecule has 86 valence electrons. The van der Waals surface area contributed by atoms with E-state index in [4.69, 9.17) is 5.73 Å². The number of nitrogens with two attached hydrogens (primary N) is 1. The van der Waals surface area contributed by atoms with Crippen LogP contribution in [0.4, 0.5) is 4.79 Å². The van der Waals surface area contributed by atoms with Crippen molar-refractivity contribution in [1.82, 2.24) is 14.7 Å². The first-order chi connectivity index (χ1) is 7.61. The molecular formula is C9H12N4O3. The molecule has 0 radical (unpaired) electrons. The van der Waals surface area contributed by atoms with Gasteiger partial charge in [-0.05, 0) is 0 Å². The normalized spacial score (nSPS) is 15.7. The first-order valence-electron chi connectivity index (χ1n) is 4.78. The molecular weight excluding hydrogens is 212 g/mol. The van der Waals surface area contributed by atoms with E-state index in [2.05, 4.69) is 9.84 Å². The summed E-state index contributed by atoms with van der Waals surface area (Å²) >= 11 is 0. The molecule has 2 heterocycles. The van der Waals surface area contributed by atoms with E-state index in [0.717, 1.165) is 0 Å². The van der Waals surface area contributed by atoms with E-state index >= 15 is 0 Å². The van der Waals surface area contributed by atoms with E-state index in [-0.39, 0.29) is 12.1 Å². The number of ether oxygens (including phenoxy) is 1. The fraction of sp³-hybridized carbons (Fsp3) is 0.444. The summed E-state index contributed by atoms with van der Waals surface area (Å²) in [5, 5.41) is 4.02. The minimum atomic E-state index is -0.504. The molecule has 2 rings (SSSR count). The zero-order valence-corrected chi connectivity index (χ0v) is 8.79. The molecule has 2 amide bonds. The second kappa shape index (κ2) is 3.84. The summed E-state index contributed by atoms with van der Waals surface area (Å²) in [4.78, 5) is 23.5. The number of carbonyl (C=O) groups is 2. The van der Waals surface area contributed by atoms with E-state index in [0.29, 0.717) is 18.7 Å². The summed E-state index contributed by atoms with van der Waals surface area (Å²) < 4.78 is 6.20. The Morgan fingerprint density at radius 2 is 2.25 bits per heavy atom. The van der Waals surface area contributed by atoms with Crippen LogP contribution in [0.5, 0.6) is 0 Å². The lowest BCUT2D eigenvalue weighted by Crippen LogP contribution is -2.50. The summed E-state index contributed by atoms with van der Waals surface area (Å²) in [6, 6.07) is 0.0900. The Balaban J connectivity index is 1.96. The molecule has 1 aliphatic heterocycles. The largest absolute Gasteiger partial charge is 0.453 e. The average Bonchev–Trinajstić information content (AvgIpc) is 2.64. The van der Waals surface area contributed by atoms with Crippen LogP contribution in [-0.2, 0) is 4.74 Å². The lowest BCUT2D eigenvalue weighted by molar-refractivity contribution is 0.0673. The third kappa shape index (κ3) is 1.71. The lowest BCUT2D eigenvalue weighted by Gasteiger charge is -2.37. The van der Waals surface area contributed by atoms with Gasteiger partial charge in [-0.1, -0.05) is 0 Å². The van der Waals surface area contributed by atoms with Crippen molar-refractivity contribution in [3.8, 4) is 0 Å². The monoisotopic (exact) mass is 224 g/mol. The Morgan fingerprint density at radius 3 is 2.75 bits per heavy atom. The van der Waals surface area contributed by atoms with Crippen molar-refractivity contribution in [2.75, 3.05) is 20.2 Å². The maximum absolute atomic E-state index is 11.1. The second-order valence-corrected chi connectivity index (χ2v) is 3.60. The summed E-state index contributed by atoms with van der Waals surface area (Å²) in [7, 11) is 1.34. The molecule has 0 spiro atoms. The van der Waals surface area contributed by atoms with Gasteiger partial charge in [-0.15, -0.1) is 0 Å². The minimum absolute atomic E-state index is 0.0900. The highest BCUT2D eigenvalue weighted by Crippen LogP contribution is 2.21. The van der Waals surface area contributed by atoms with Crippen LogP contribution in [-0.4, -0.2) is 46.9 Å². The van der Waals surface area contributed by atoms with Crippen LogP contribution < -0.4 is 5.73 Å². The minimum Gasteiger partial charge on any atom is -0.453 e. The van der Waals surface area contributed by atoms with Crippen LogP contribution in [0.25, 0.3) is 0 Å². The van der Waals surface area contributed by atoms with Gasteiger partial charge in [0, 0.05) is 19.3 Å². The number of nitrogens with zero attached hydrogens (tertiary/aromatic N) is 3. The summed E-state index contributed by atoms with van der Waals surface area (Å²) in [5.74, 6) is -0.504. The van der Waals surface area contributed by atoms with Crippen molar-refractivity contribution in [2.45, 2.75) is 6.04 Å². The molecule has 7 heteroatoms. The molecule has 1 fully saturated rings. The molecule has 0 aliphatic carbocycles. The van der Waals surface area contributed by atoms with Crippen molar-refractivity contribution >= 4 is 12.0 Å². The van der Waals surface area contributed by atoms with Gasteiger partial charge >= 0.3 is 6.09 Å². The maximum atomic E-state index is 11.1. The average molecular weight is 224 g/mol. The van der Waals surface area contributed by atoms with Crippen molar-refractivity contribution in [2.24, 2.45) is 5.73 Å². The molecule has 1 saturated heterocycles. The number of methoxy groups -OCH3 is 1. The summed E-state index contributed by atoms with van der Waals surface area (Å²) in [5.41, 5.74) is 5.48. The number of hydrogen-bond donors (Lipinski definition) is 1. The predicted octanol–water partition coefficient (Wildman–Crippen LogP) is -0.395. The fourth-order valence-corrected chi connectivity index (χ4v) is 1.57. The molecule has 0 bridgehead atoms. The topological polar surface area (TPSA) is 90.5 Å². The number of aromatic nitrogens is 2. The zero-order valence-electron chi connectivity index (χ0n) is 8.79. The molecule has 1 aliphatic rings. The predicted molar refractivity (Wildman–Crippen MR) is 53.8 cm³/mol.